The molecule has 116 valence electrons. The van der Waals surface area contributed by atoms with Crippen LogP contribution >= 0.6 is 0 Å². The zero-order valence-electron chi connectivity index (χ0n) is 11.8. The van der Waals surface area contributed by atoms with E-state index in [1.165, 1.54) is 13.1 Å². The van der Waals surface area contributed by atoms with E-state index in [1.54, 1.807) is 12.1 Å². The van der Waals surface area contributed by atoms with E-state index in [2.05, 4.69) is 10.6 Å². The van der Waals surface area contributed by atoms with Crippen LogP contribution in [0.3, 0.4) is 0 Å². The lowest BCUT2D eigenvalue weighted by Crippen LogP contribution is -2.53. The molecule has 1 aromatic rings. The molecule has 1 atom stereocenters. The SMILES string of the molecule is CNC(=O)CC(=O)NC1Cc2cccc(C(=O)O)c2OB1O. The van der Waals surface area contributed by atoms with Crippen molar-refractivity contribution in [3.63, 3.8) is 0 Å². The fourth-order valence-electron chi connectivity index (χ4n) is 2.21. The Morgan fingerprint density at radius 1 is 1.36 bits per heavy atom. The van der Waals surface area contributed by atoms with Crippen LogP contribution in [0.1, 0.15) is 22.3 Å². The second-order valence-electron chi connectivity index (χ2n) is 4.84. The molecular formula is C13H15BN2O6. The summed E-state index contributed by atoms with van der Waals surface area (Å²) >= 11 is 0. The molecule has 0 saturated heterocycles. The van der Waals surface area contributed by atoms with Gasteiger partial charge >= 0.3 is 13.1 Å². The molecule has 0 aliphatic carbocycles. The van der Waals surface area contributed by atoms with E-state index in [0.29, 0.717) is 5.56 Å². The summed E-state index contributed by atoms with van der Waals surface area (Å²) in [6.07, 6.45) is -0.154. The van der Waals surface area contributed by atoms with Gasteiger partial charge in [0.1, 0.15) is 12.2 Å². The summed E-state index contributed by atoms with van der Waals surface area (Å²) in [5.41, 5.74) is 0.516. The molecule has 0 radical (unpaired) electrons. The van der Waals surface area contributed by atoms with Crippen molar-refractivity contribution < 1.29 is 29.2 Å². The standard InChI is InChI=1S/C13H15BN2O6/c1-15-10(17)6-11(18)16-9-5-7-3-2-4-8(13(19)20)12(7)22-14(9)21/h2-4,9,21H,5-6H2,1H3,(H,15,17)(H,16,18)(H,19,20). The molecule has 0 bridgehead atoms. The Labute approximate surface area is 126 Å². The summed E-state index contributed by atoms with van der Waals surface area (Å²) in [5, 5.41) is 23.8. The Bertz CT molecular complexity index is 621. The van der Waals surface area contributed by atoms with Gasteiger partial charge in [0, 0.05) is 7.05 Å². The van der Waals surface area contributed by atoms with E-state index >= 15 is 0 Å². The highest BCUT2D eigenvalue weighted by atomic mass is 16.5. The number of aromatic carboxylic acids is 1. The van der Waals surface area contributed by atoms with Crippen molar-refractivity contribution in [2.45, 2.75) is 18.8 Å². The molecule has 2 rings (SSSR count). The van der Waals surface area contributed by atoms with Crippen molar-refractivity contribution >= 4 is 24.9 Å². The lowest BCUT2D eigenvalue weighted by atomic mass is 9.72. The van der Waals surface area contributed by atoms with E-state index in [1.807, 2.05) is 0 Å². The molecule has 1 heterocycles. The number of amides is 2. The summed E-state index contributed by atoms with van der Waals surface area (Å²) in [7, 11) is 0.0272. The number of hydrogen-bond acceptors (Lipinski definition) is 5. The quantitative estimate of drug-likeness (QED) is 0.416. The molecule has 0 saturated carbocycles. The van der Waals surface area contributed by atoms with Crippen LogP contribution in [0.15, 0.2) is 18.2 Å². The van der Waals surface area contributed by atoms with Crippen LogP contribution in [0.4, 0.5) is 0 Å². The number of rotatable bonds is 4. The van der Waals surface area contributed by atoms with Gasteiger partial charge in [-0.05, 0) is 18.1 Å². The minimum atomic E-state index is -1.39. The molecule has 0 aromatic heterocycles. The van der Waals surface area contributed by atoms with E-state index < -0.39 is 30.8 Å². The Morgan fingerprint density at radius 2 is 2.09 bits per heavy atom. The third-order valence-electron chi connectivity index (χ3n) is 3.30. The average Bonchev–Trinajstić information content (AvgIpc) is 2.47. The fraction of sp³-hybridized carbons (Fsp3) is 0.308. The number of carboxylic acids is 1. The molecule has 8 nitrogen and oxygen atoms in total. The van der Waals surface area contributed by atoms with Crippen LogP contribution in [-0.4, -0.2) is 48.0 Å². The normalized spacial score (nSPS) is 16.3. The first kappa shape index (κ1) is 15.8. The molecule has 22 heavy (non-hydrogen) atoms. The molecule has 1 unspecified atom stereocenters. The largest absolute Gasteiger partial charge is 0.547 e. The minimum Gasteiger partial charge on any atom is -0.534 e. The van der Waals surface area contributed by atoms with Crippen molar-refractivity contribution in [1.29, 1.82) is 0 Å². The fourth-order valence-corrected chi connectivity index (χ4v) is 2.21. The summed E-state index contributed by atoms with van der Waals surface area (Å²) in [6, 6.07) is 4.59. The second kappa shape index (κ2) is 6.48. The zero-order chi connectivity index (χ0) is 16.3. The number of carbonyl (C=O) groups excluding carboxylic acids is 2. The van der Waals surface area contributed by atoms with Gasteiger partial charge in [0.2, 0.25) is 11.8 Å². The highest BCUT2D eigenvalue weighted by Gasteiger charge is 2.37. The molecule has 0 spiro atoms. The van der Waals surface area contributed by atoms with Gasteiger partial charge in [0.05, 0.1) is 11.5 Å². The number of benzene rings is 1. The summed E-state index contributed by atoms with van der Waals surface area (Å²) < 4.78 is 5.23. The highest BCUT2D eigenvalue weighted by molar-refractivity contribution is 6.47. The third-order valence-corrected chi connectivity index (χ3v) is 3.30. The predicted octanol–water partition coefficient (Wildman–Crippen LogP) is -1.04. The van der Waals surface area contributed by atoms with Crippen LogP contribution < -0.4 is 15.3 Å². The second-order valence-corrected chi connectivity index (χ2v) is 4.84. The topological polar surface area (TPSA) is 125 Å². The first-order valence-corrected chi connectivity index (χ1v) is 6.62. The highest BCUT2D eigenvalue weighted by Crippen LogP contribution is 2.30. The average molecular weight is 306 g/mol. The maximum absolute atomic E-state index is 11.7. The molecule has 2 amide bonds. The van der Waals surface area contributed by atoms with Crippen LogP contribution in [0.2, 0.25) is 0 Å². The van der Waals surface area contributed by atoms with Gasteiger partial charge in [-0.25, -0.2) is 4.79 Å². The summed E-state index contributed by atoms with van der Waals surface area (Å²) in [4.78, 5) is 33.9. The van der Waals surface area contributed by atoms with E-state index in [-0.39, 0.29) is 24.2 Å². The van der Waals surface area contributed by atoms with E-state index in [4.69, 9.17) is 9.76 Å². The number of nitrogens with one attached hydrogen (secondary N) is 2. The Balaban J connectivity index is 2.12. The van der Waals surface area contributed by atoms with Gasteiger partial charge < -0.3 is 25.4 Å². The van der Waals surface area contributed by atoms with Crippen molar-refractivity contribution in [2.75, 3.05) is 7.05 Å². The van der Waals surface area contributed by atoms with Gasteiger partial charge in [-0.1, -0.05) is 12.1 Å². The molecule has 1 aliphatic rings. The zero-order valence-corrected chi connectivity index (χ0v) is 11.8. The van der Waals surface area contributed by atoms with Gasteiger partial charge in [0.25, 0.3) is 0 Å². The number of hydrogen-bond donors (Lipinski definition) is 4. The molecule has 1 aromatic carbocycles. The van der Waals surface area contributed by atoms with Crippen molar-refractivity contribution in [3.05, 3.63) is 29.3 Å². The Hall–Kier alpha value is -2.55. The monoisotopic (exact) mass is 306 g/mol. The van der Waals surface area contributed by atoms with Gasteiger partial charge in [-0.15, -0.1) is 0 Å². The third kappa shape index (κ3) is 3.37. The van der Waals surface area contributed by atoms with E-state index in [0.717, 1.165) is 0 Å². The first-order chi connectivity index (χ1) is 10.4. The van der Waals surface area contributed by atoms with Gasteiger partial charge in [0.15, 0.2) is 0 Å². The van der Waals surface area contributed by atoms with Crippen molar-refractivity contribution in [3.8, 4) is 5.75 Å². The number of carbonyl (C=O) groups is 3. The molecule has 1 aliphatic heterocycles. The predicted molar refractivity (Wildman–Crippen MR) is 76.3 cm³/mol. The smallest absolute Gasteiger partial charge is 0.534 e. The number of carboxylic acid groups (broad SMARTS) is 1. The first-order valence-electron chi connectivity index (χ1n) is 6.62. The molecule has 0 fully saturated rings. The van der Waals surface area contributed by atoms with Crippen LogP contribution in [-0.2, 0) is 16.0 Å². The Morgan fingerprint density at radius 3 is 2.73 bits per heavy atom. The lowest BCUT2D eigenvalue weighted by molar-refractivity contribution is -0.129. The van der Waals surface area contributed by atoms with Crippen LogP contribution in [0.5, 0.6) is 5.75 Å². The lowest BCUT2D eigenvalue weighted by Gasteiger charge is -2.28. The number of fused-ring (bicyclic) bond motifs is 1. The summed E-state index contributed by atoms with van der Waals surface area (Å²) in [6.45, 7) is 0. The van der Waals surface area contributed by atoms with Gasteiger partial charge in [-0.2, -0.15) is 0 Å². The molecular weight excluding hydrogens is 291 g/mol. The number of para-hydroxylation sites is 1. The van der Waals surface area contributed by atoms with Crippen molar-refractivity contribution in [2.24, 2.45) is 0 Å². The minimum absolute atomic E-state index is 0.0494. The summed E-state index contributed by atoms with van der Waals surface area (Å²) in [5.74, 6) is -2.82. The van der Waals surface area contributed by atoms with E-state index in [9.17, 15) is 19.4 Å². The molecule has 4 N–H and O–H groups in total. The van der Waals surface area contributed by atoms with Gasteiger partial charge in [-0.3, -0.25) is 9.59 Å². The maximum Gasteiger partial charge on any atom is 0.547 e. The maximum atomic E-state index is 11.7. The van der Waals surface area contributed by atoms with Crippen LogP contribution in [0, 0.1) is 0 Å². The molecule has 9 heteroatoms. The Kier molecular flexibility index (Phi) is 4.67. The van der Waals surface area contributed by atoms with Crippen molar-refractivity contribution in [1.82, 2.24) is 10.6 Å². The van der Waals surface area contributed by atoms with Crippen LogP contribution in [0.25, 0.3) is 0 Å².